The van der Waals surface area contributed by atoms with Gasteiger partial charge in [-0.2, -0.15) is 0 Å². The molecular weight excluding hydrogens is 252 g/mol. The van der Waals surface area contributed by atoms with E-state index < -0.39 is 6.10 Å². The Bertz CT molecular complexity index is 576. The molecule has 0 spiro atoms. The summed E-state index contributed by atoms with van der Waals surface area (Å²) in [5.74, 6) is 1.57. The number of methoxy groups -OCH3 is 1. The van der Waals surface area contributed by atoms with Crippen molar-refractivity contribution >= 4 is 0 Å². The Labute approximate surface area is 119 Å². The second kappa shape index (κ2) is 6.44. The molecule has 3 heteroatoms. The van der Waals surface area contributed by atoms with Gasteiger partial charge in [-0.15, -0.1) is 0 Å². The average molecular weight is 272 g/mol. The van der Waals surface area contributed by atoms with Gasteiger partial charge < -0.3 is 14.6 Å². The summed E-state index contributed by atoms with van der Waals surface area (Å²) in [4.78, 5) is 0. The lowest BCUT2D eigenvalue weighted by molar-refractivity contribution is 0.189. The number of aryl methyl sites for hydroxylation is 1. The van der Waals surface area contributed by atoms with Gasteiger partial charge in [0.1, 0.15) is 18.1 Å². The molecule has 0 saturated carbocycles. The van der Waals surface area contributed by atoms with Crippen LogP contribution in [0.3, 0.4) is 0 Å². The molecule has 0 amide bonds. The van der Waals surface area contributed by atoms with Crippen LogP contribution in [-0.2, 0) is 6.61 Å². The first-order valence-corrected chi connectivity index (χ1v) is 6.65. The van der Waals surface area contributed by atoms with Crippen molar-refractivity contribution in [1.82, 2.24) is 0 Å². The second-order valence-electron chi connectivity index (χ2n) is 4.81. The summed E-state index contributed by atoms with van der Waals surface area (Å²) in [6.07, 6.45) is -0.546. The van der Waals surface area contributed by atoms with Crippen molar-refractivity contribution in [2.75, 3.05) is 7.11 Å². The van der Waals surface area contributed by atoms with Gasteiger partial charge in [0, 0.05) is 5.56 Å². The Hall–Kier alpha value is -2.00. The van der Waals surface area contributed by atoms with Crippen LogP contribution < -0.4 is 9.47 Å². The molecule has 106 valence electrons. The van der Waals surface area contributed by atoms with E-state index in [-0.39, 0.29) is 0 Å². The number of aliphatic hydroxyl groups is 1. The summed E-state index contributed by atoms with van der Waals surface area (Å²) in [6.45, 7) is 4.17. The molecule has 1 atom stereocenters. The van der Waals surface area contributed by atoms with Crippen LogP contribution in [0.15, 0.2) is 42.5 Å². The monoisotopic (exact) mass is 272 g/mol. The van der Waals surface area contributed by atoms with Gasteiger partial charge in [-0.05, 0) is 37.1 Å². The van der Waals surface area contributed by atoms with E-state index in [0.717, 1.165) is 28.2 Å². The molecule has 2 aromatic carbocycles. The first kappa shape index (κ1) is 14.4. The van der Waals surface area contributed by atoms with Gasteiger partial charge in [-0.1, -0.05) is 30.3 Å². The molecule has 0 aliphatic rings. The molecule has 0 aromatic heterocycles. The average Bonchev–Trinajstić information content (AvgIpc) is 2.45. The summed E-state index contributed by atoms with van der Waals surface area (Å²) < 4.78 is 11.1. The molecular formula is C17H20O3. The van der Waals surface area contributed by atoms with Crippen LogP contribution in [0.1, 0.15) is 29.7 Å². The number of hydrogen-bond acceptors (Lipinski definition) is 3. The third kappa shape index (κ3) is 3.31. The second-order valence-corrected chi connectivity index (χ2v) is 4.81. The highest BCUT2D eigenvalue weighted by Crippen LogP contribution is 2.29. The van der Waals surface area contributed by atoms with Crippen molar-refractivity contribution in [3.8, 4) is 11.5 Å². The Balaban J connectivity index is 2.18. The minimum Gasteiger partial charge on any atom is -0.497 e. The van der Waals surface area contributed by atoms with Gasteiger partial charge in [0.2, 0.25) is 0 Å². The Morgan fingerprint density at radius 2 is 1.90 bits per heavy atom. The highest BCUT2D eigenvalue weighted by atomic mass is 16.5. The Morgan fingerprint density at radius 3 is 2.60 bits per heavy atom. The number of para-hydroxylation sites is 1. The molecule has 20 heavy (non-hydrogen) atoms. The van der Waals surface area contributed by atoms with Crippen molar-refractivity contribution in [3.63, 3.8) is 0 Å². The zero-order chi connectivity index (χ0) is 14.5. The highest BCUT2D eigenvalue weighted by Gasteiger charge is 2.11. The Kier molecular flexibility index (Phi) is 4.64. The zero-order valence-corrected chi connectivity index (χ0v) is 12.1. The maximum atomic E-state index is 9.81. The first-order chi connectivity index (χ1) is 9.61. The standard InChI is InChI=1S/C17H20O3/c1-12-6-4-9-16(13(2)18)17(12)20-11-14-7-5-8-15(10-14)19-3/h4-10,13,18H,11H2,1-3H3. The number of rotatable bonds is 5. The maximum absolute atomic E-state index is 9.81. The summed E-state index contributed by atoms with van der Waals surface area (Å²) >= 11 is 0. The van der Waals surface area contributed by atoms with Crippen molar-refractivity contribution in [3.05, 3.63) is 59.2 Å². The molecule has 0 radical (unpaired) electrons. The molecule has 0 aliphatic carbocycles. The van der Waals surface area contributed by atoms with Gasteiger partial charge in [-0.3, -0.25) is 0 Å². The van der Waals surface area contributed by atoms with Gasteiger partial charge in [0.15, 0.2) is 0 Å². The van der Waals surface area contributed by atoms with Crippen LogP contribution in [0.5, 0.6) is 11.5 Å². The summed E-state index contributed by atoms with van der Waals surface area (Å²) in [6, 6.07) is 13.6. The van der Waals surface area contributed by atoms with E-state index in [4.69, 9.17) is 9.47 Å². The van der Waals surface area contributed by atoms with Crippen LogP contribution in [0.25, 0.3) is 0 Å². The highest BCUT2D eigenvalue weighted by molar-refractivity contribution is 5.42. The molecule has 3 nitrogen and oxygen atoms in total. The van der Waals surface area contributed by atoms with E-state index in [1.54, 1.807) is 14.0 Å². The van der Waals surface area contributed by atoms with E-state index >= 15 is 0 Å². The van der Waals surface area contributed by atoms with Crippen molar-refractivity contribution in [2.24, 2.45) is 0 Å². The number of ether oxygens (including phenoxy) is 2. The summed E-state index contributed by atoms with van der Waals surface area (Å²) in [5, 5.41) is 9.81. The van der Waals surface area contributed by atoms with Crippen molar-refractivity contribution in [2.45, 2.75) is 26.6 Å². The van der Waals surface area contributed by atoms with Gasteiger partial charge in [-0.25, -0.2) is 0 Å². The predicted octanol–water partition coefficient (Wildman–Crippen LogP) is 3.64. The molecule has 0 saturated heterocycles. The van der Waals surface area contributed by atoms with E-state index in [9.17, 15) is 5.11 Å². The van der Waals surface area contributed by atoms with Crippen LogP contribution in [0, 0.1) is 6.92 Å². The van der Waals surface area contributed by atoms with E-state index in [1.807, 2.05) is 49.4 Å². The fraction of sp³-hybridized carbons (Fsp3) is 0.294. The van der Waals surface area contributed by atoms with Gasteiger partial charge in [0.25, 0.3) is 0 Å². The van der Waals surface area contributed by atoms with Crippen LogP contribution >= 0.6 is 0 Å². The minimum absolute atomic E-state index is 0.446. The fourth-order valence-corrected chi connectivity index (χ4v) is 2.12. The van der Waals surface area contributed by atoms with E-state index in [0.29, 0.717) is 6.61 Å². The smallest absolute Gasteiger partial charge is 0.128 e. The van der Waals surface area contributed by atoms with Gasteiger partial charge >= 0.3 is 0 Å². The quantitative estimate of drug-likeness (QED) is 0.903. The van der Waals surface area contributed by atoms with Crippen molar-refractivity contribution < 1.29 is 14.6 Å². The SMILES string of the molecule is COc1cccc(COc2c(C)cccc2C(C)O)c1. The molecule has 1 N–H and O–H groups in total. The number of hydrogen-bond donors (Lipinski definition) is 1. The molecule has 0 aliphatic heterocycles. The largest absolute Gasteiger partial charge is 0.497 e. The van der Waals surface area contributed by atoms with Crippen LogP contribution in [0.2, 0.25) is 0 Å². The number of benzene rings is 2. The third-order valence-corrected chi connectivity index (χ3v) is 3.21. The van der Waals surface area contributed by atoms with Crippen LogP contribution in [-0.4, -0.2) is 12.2 Å². The van der Waals surface area contributed by atoms with E-state index in [1.165, 1.54) is 0 Å². The first-order valence-electron chi connectivity index (χ1n) is 6.65. The Morgan fingerprint density at radius 1 is 1.15 bits per heavy atom. The molecule has 0 heterocycles. The molecule has 2 rings (SSSR count). The lowest BCUT2D eigenvalue weighted by Gasteiger charge is -2.16. The molecule has 0 fully saturated rings. The fourth-order valence-electron chi connectivity index (χ4n) is 2.12. The molecule has 1 unspecified atom stereocenters. The normalized spacial score (nSPS) is 12.0. The van der Waals surface area contributed by atoms with Crippen molar-refractivity contribution in [1.29, 1.82) is 0 Å². The minimum atomic E-state index is -0.546. The summed E-state index contributed by atoms with van der Waals surface area (Å²) in [5.41, 5.74) is 2.86. The van der Waals surface area contributed by atoms with Crippen LogP contribution in [0.4, 0.5) is 0 Å². The molecule has 2 aromatic rings. The molecule has 0 bridgehead atoms. The lowest BCUT2D eigenvalue weighted by Crippen LogP contribution is -2.03. The number of aliphatic hydroxyl groups excluding tert-OH is 1. The lowest BCUT2D eigenvalue weighted by atomic mass is 10.1. The maximum Gasteiger partial charge on any atom is 0.128 e. The van der Waals surface area contributed by atoms with Gasteiger partial charge in [0.05, 0.1) is 13.2 Å². The predicted molar refractivity (Wildman–Crippen MR) is 79.1 cm³/mol. The summed E-state index contributed by atoms with van der Waals surface area (Å²) in [7, 11) is 1.65. The topological polar surface area (TPSA) is 38.7 Å². The zero-order valence-electron chi connectivity index (χ0n) is 12.1. The van der Waals surface area contributed by atoms with E-state index in [2.05, 4.69) is 0 Å². The third-order valence-electron chi connectivity index (χ3n) is 3.21.